The minimum Gasteiger partial charge on any atom is -0.462 e. The smallest absolute Gasteiger partial charge is 0.462 e. The Bertz CT molecular complexity index is 1370. The molecule has 356 valence electrons. The van der Waals surface area contributed by atoms with E-state index in [9.17, 15) is 9.59 Å². The van der Waals surface area contributed by atoms with E-state index in [0.29, 0.717) is 41.1 Å². The Balaban J connectivity index is 0.919. The van der Waals surface area contributed by atoms with Crippen LogP contribution in [-0.2, 0) is 23.7 Å². The predicted molar refractivity (Wildman–Crippen MR) is 251 cm³/mol. The molecule has 7 fully saturated rings. The zero-order chi connectivity index (χ0) is 44.2. The molecule has 0 amide bonds. The molecule has 7 aliphatic rings. The molecule has 0 N–H and O–H groups in total. The molecule has 0 bridgehead atoms. The van der Waals surface area contributed by atoms with Crippen LogP contribution in [0, 0.1) is 64.1 Å². The molecule has 7 nitrogen and oxygen atoms in total. The van der Waals surface area contributed by atoms with Gasteiger partial charge in [0.2, 0.25) is 0 Å². The number of nitrogens with zero attached hydrogens (tertiary/aromatic N) is 1. The molecule has 7 atom stereocenters. The van der Waals surface area contributed by atoms with Gasteiger partial charge in [0, 0.05) is 32.2 Å². The first kappa shape index (κ1) is 48.6. The Morgan fingerprint density at radius 1 is 0.452 bits per heavy atom. The summed E-state index contributed by atoms with van der Waals surface area (Å²) < 4.78 is 24.0. The molecule has 0 heterocycles. The van der Waals surface area contributed by atoms with E-state index in [1.165, 1.54) is 122 Å². The fraction of sp³-hybridized carbons (Fsp3) is 0.964. The zero-order valence-corrected chi connectivity index (χ0v) is 41.5. The lowest BCUT2D eigenvalue weighted by Crippen LogP contribution is -2.54. The van der Waals surface area contributed by atoms with Crippen molar-refractivity contribution >= 4 is 12.1 Å². The van der Waals surface area contributed by atoms with E-state index < -0.39 is 6.16 Å². The molecule has 0 aromatic carbocycles. The topological polar surface area (TPSA) is 74.3 Å². The fourth-order valence-electron chi connectivity index (χ4n) is 16.0. The Labute approximate surface area is 380 Å². The van der Waals surface area contributed by atoms with Gasteiger partial charge in [0.1, 0.15) is 18.3 Å². The lowest BCUT2D eigenvalue weighted by atomic mass is 9.52. The zero-order valence-electron chi connectivity index (χ0n) is 41.5. The van der Waals surface area contributed by atoms with E-state index in [4.69, 9.17) is 18.9 Å². The van der Waals surface area contributed by atoms with Crippen molar-refractivity contribution in [1.29, 1.82) is 0 Å². The van der Waals surface area contributed by atoms with Crippen molar-refractivity contribution < 1.29 is 28.5 Å². The fourth-order valence-corrected chi connectivity index (χ4v) is 16.0. The predicted octanol–water partition coefficient (Wildman–Crippen LogP) is 14.1. The van der Waals surface area contributed by atoms with Gasteiger partial charge in [0.25, 0.3) is 0 Å². The number of methoxy groups -OCH3 is 1. The van der Waals surface area contributed by atoms with Gasteiger partial charge in [-0.1, -0.05) is 48.5 Å². The summed E-state index contributed by atoms with van der Waals surface area (Å²) in [5, 5.41) is 0. The highest BCUT2D eigenvalue weighted by Crippen LogP contribution is 2.58. The van der Waals surface area contributed by atoms with Crippen LogP contribution in [0.1, 0.15) is 222 Å². The largest absolute Gasteiger partial charge is 0.508 e. The Hall–Kier alpha value is -1.34. The van der Waals surface area contributed by atoms with E-state index >= 15 is 0 Å². The number of hydrogen-bond donors (Lipinski definition) is 0. The van der Waals surface area contributed by atoms with E-state index in [1.807, 2.05) is 7.11 Å². The summed E-state index contributed by atoms with van der Waals surface area (Å²) in [5.41, 5.74) is 0.537. The van der Waals surface area contributed by atoms with Crippen molar-refractivity contribution in [3.05, 3.63) is 0 Å². The first-order valence-corrected chi connectivity index (χ1v) is 27.0. The van der Waals surface area contributed by atoms with Gasteiger partial charge < -0.3 is 18.9 Å². The molecule has 7 saturated carbocycles. The summed E-state index contributed by atoms with van der Waals surface area (Å²) >= 11 is 0. The van der Waals surface area contributed by atoms with Gasteiger partial charge >= 0.3 is 12.1 Å². The summed E-state index contributed by atoms with van der Waals surface area (Å²) in [6, 6.07) is 2.41. The summed E-state index contributed by atoms with van der Waals surface area (Å²) in [6.45, 7) is 18.7. The Morgan fingerprint density at radius 3 is 1.23 bits per heavy atom. The second-order valence-corrected chi connectivity index (χ2v) is 24.3. The van der Waals surface area contributed by atoms with Gasteiger partial charge in [-0.3, -0.25) is 9.69 Å². The lowest BCUT2D eigenvalue weighted by Gasteiger charge is -2.56. The number of esters is 1. The molecule has 7 aliphatic carbocycles. The van der Waals surface area contributed by atoms with Crippen LogP contribution in [0.15, 0.2) is 0 Å². The van der Waals surface area contributed by atoms with Crippen LogP contribution in [-0.4, -0.2) is 66.7 Å². The summed E-state index contributed by atoms with van der Waals surface area (Å²) in [4.78, 5) is 28.3. The maximum absolute atomic E-state index is 13.5. The molecule has 7 heteroatoms. The third kappa shape index (κ3) is 11.4. The monoisotopic (exact) mass is 866 g/mol. The lowest BCUT2D eigenvalue weighted by molar-refractivity contribution is -0.152. The van der Waals surface area contributed by atoms with E-state index in [2.05, 4.69) is 53.4 Å². The second kappa shape index (κ2) is 21.5. The van der Waals surface area contributed by atoms with E-state index in [1.54, 1.807) is 0 Å². The van der Waals surface area contributed by atoms with Crippen molar-refractivity contribution in [1.82, 2.24) is 4.90 Å². The molecule has 7 rings (SSSR count). The summed E-state index contributed by atoms with van der Waals surface area (Å²) in [5.74, 6) is 5.83. The molecule has 0 aromatic rings. The normalized spacial score (nSPS) is 42.4. The van der Waals surface area contributed by atoms with Gasteiger partial charge in [0.05, 0.1) is 6.10 Å². The van der Waals surface area contributed by atoms with Crippen molar-refractivity contribution in [3.63, 3.8) is 0 Å². The molecular formula is C55H95NO6. The van der Waals surface area contributed by atoms with Crippen molar-refractivity contribution in [3.8, 4) is 0 Å². The third-order valence-electron chi connectivity index (χ3n) is 20.4. The van der Waals surface area contributed by atoms with Gasteiger partial charge in [-0.05, 0) is 231 Å². The van der Waals surface area contributed by atoms with Gasteiger partial charge in [-0.15, -0.1) is 0 Å². The third-order valence-corrected chi connectivity index (χ3v) is 20.4. The number of carbonyl (C=O) groups excluding carboxylic acids is 2. The molecule has 0 spiro atoms. The number of rotatable bonds is 12. The van der Waals surface area contributed by atoms with Crippen LogP contribution in [0.2, 0.25) is 0 Å². The average Bonchev–Trinajstić information content (AvgIpc) is 3.26. The van der Waals surface area contributed by atoms with Crippen LogP contribution < -0.4 is 0 Å². The minimum atomic E-state index is -0.427. The first-order chi connectivity index (χ1) is 29.6. The maximum atomic E-state index is 13.5. The SMILES string of the molecule is COC1CCC(C(C)(C2CCC(OC(=O)OC3CCC(C(C)(C)C4CCC(OC(C)=O)C(C)C4)CC3C)CC2)C2CCC(N(C3CCC(C)CC3)C3CCC(C)CC3)CC2)CC1. The van der Waals surface area contributed by atoms with E-state index in [0.717, 1.165) is 93.2 Å². The number of carbonyl (C=O) groups is 2. The van der Waals surface area contributed by atoms with E-state index in [-0.39, 0.29) is 29.7 Å². The van der Waals surface area contributed by atoms with Crippen molar-refractivity contribution in [2.75, 3.05) is 7.11 Å². The molecule has 62 heavy (non-hydrogen) atoms. The Kier molecular flexibility index (Phi) is 16.9. The van der Waals surface area contributed by atoms with Gasteiger partial charge in [-0.2, -0.15) is 0 Å². The first-order valence-electron chi connectivity index (χ1n) is 27.0. The molecule has 7 unspecified atom stereocenters. The molecule has 0 aromatic heterocycles. The minimum absolute atomic E-state index is 0.0253. The second-order valence-electron chi connectivity index (χ2n) is 24.3. The highest BCUT2D eigenvalue weighted by molar-refractivity contribution is 5.66. The molecular weight excluding hydrogens is 771 g/mol. The summed E-state index contributed by atoms with van der Waals surface area (Å²) in [6.07, 6.45) is 32.5. The van der Waals surface area contributed by atoms with Crippen molar-refractivity contribution in [2.45, 2.75) is 265 Å². The summed E-state index contributed by atoms with van der Waals surface area (Å²) in [7, 11) is 1.92. The standard InChI is InChI=1S/C55H95NO6/c1-36-10-22-46(23-11-36)56(47-24-12-37(2)13-25-47)48-26-14-41(15-27-48)55(8,42-16-28-49(59-9)29-17-42)43-18-30-50(31-19-43)61-53(58)62-52-33-21-45(35-39(52)4)54(6,7)44-20-32-51(38(3)34-44)60-40(5)57/h36-39,41-52H,10-35H2,1-9H3. The van der Waals surface area contributed by atoms with Crippen molar-refractivity contribution in [2.24, 2.45) is 64.1 Å². The molecule has 0 aliphatic heterocycles. The maximum Gasteiger partial charge on any atom is 0.508 e. The number of hydrogen-bond acceptors (Lipinski definition) is 7. The van der Waals surface area contributed by atoms with Gasteiger partial charge in [0.15, 0.2) is 0 Å². The molecule has 0 saturated heterocycles. The number of ether oxygens (including phenoxy) is 4. The van der Waals surface area contributed by atoms with Crippen LogP contribution in [0.25, 0.3) is 0 Å². The molecule has 0 radical (unpaired) electrons. The van der Waals surface area contributed by atoms with Gasteiger partial charge in [-0.25, -0.2) is 4.79 Å². The Morgan fingerprint density at radius 2 is 0.823 bits per heavy atom. The van der Waals surface area contributed by atoms with Crippen LogP contribution >= 0.6 is 0 Å². The van der Waals surface area contributed by atoms with Crippen LogP contribution in [0.3, 0.4) is 0 Å². The highest BCUT2D eigenvalue weighted by Gasteiger charge is 2.51. The highest BCUT2D eigenvalue weighted by atomic mass is 16.7. The van der Waals surface area contributed by atoms with Crippen LogP contribution in [0.4, 0.5) is 4.79 Å². The quantitative estimate of drug-likeness (QED) is 0.181. The average molecular weight is 866 g/mol. The van der Waals surface area contributed by atoms with Crippen LogP contribution in [0.5, 0.6) is 0 Å².